The molecule has 5 nitrogen and oxygen atoms in total. The molecule has 0 aromatic heterocycles. The number of carbonyl (C=O) groups is 1. The van der Waals surface area contributed by atoms with Gasteiger partial charge >= 0.3 is 0 Å². The van der Waals surface area contributed by atoms with Gasteiger partial charge in [-0.2, -0.15) is 0 Å². The van der Waals surface area contributed by atoms with Crippen molar-refractivity contribution in [3.8, 4) is 11.5 Å². The number of ether oxygens (including phenoxy) is 2. The van der Waals surface area contributed by atoms with Crippen LogP contribution in [0.4, 0.5) is 0 Å². The Labute approximate surface area is 126 Å². The van der Waals surface area contributed by atoms with Gasteiger partial charge < -0.3 is 20.1 Å². The van der Waals surface area contributed by atoms with Gasteiger partial charge in [-0.3, -0.25) is 4.79 Å². The molecule has 0 aliphatic carbocycles. The van der Waals surface area contributed by atoms with Gasteiger partial charge in [0.15, 0.2) is 6.61 Å². The Kier molecular flexibility index (Phi) is 5.87. The lowest BCUT2D eigenvalue weighted by atomic mass is 9.95. The summed E-state index contributed by atoms with van der Waals surface area (Å²) in [7, 11) is 0. The first-order valence-electron chi connectivity index (χ1n) is 7.54. The third-order valence-electron chi connectivity index (χ3n) is 3.64. The van der Waals surface area contributed by atoms with Crippen LogP contribution in [0.1, 0.15) is 20.3 Å². The van der Waals surface area contributed by atoms with Crippen LogP contribution < -0.4 is 20.1 Å². The van der Waals surface area contributed by atoms with Gasteiger partial charge in [-0.15, -0.1) is 0 Å². The molecular weight excluding hydrogens is 268 g/mol. The smallest absolute Gasteiger partial charge is 0.258 e. The van der Waals surface area contributed by atoms with E-state index in [4.69, 9.17) is 9.47 Å². The Morgan fingerprint density at radius 2 is 1.95 bits per heavy atom. The zero-order valence-electron chi connectivity index (χ0n) is 12.7. The van der Waals surface area contributed by atoms with E-state index in [0.717, 1.165) is 25.3 Å². The summed E-state index contributed by atoms with van der Waals surface area (Å²) in [5, 5.41) is 6.36. The lowest BCUT2D eigenvalue weighted by Gasteiger charge is -2.30. The summed E-state index contributed by atoms with van der Waals surface area (Å²) in [6.07, 6.45) is 0.968. The standard InChI is InChI=1S/C16H24N2O3/c1-3-20-13-4-6-14(7-5-13)21-11-16(19)18-15-8-9-17-10-12(15)2/h4-7,12,15,17H,3,8-11H2,1-2H3,(H,18,19). The number of carbonyl (C=O) groups excluding carboxylic acids is 1. The summed E-state index contributed by atoms with van der Waals surface area (Å²) in [6, 6.07) is 7.54. The molecule has 1 amide bonds. The third kappa shape index (κ3) is 4.93. The molecule has 1 heterocycles. The quantitative estimate of drug-likeness (QED) is 0.836. The van der Waals surface area contributed by atoms with E-state index in [1.165, 1.54) is 0 Å². The number of hydrogen-bond donors (Lipinski definition) is 2. The van der Waals surface area contributed by atoms with Crippen molar-refractivity contribution in [2.75, 3.05) is 26.3 Å². The average molecular weight is 292 g/mol. The molecule has 2 N–H and O–H groups in total. The lowest BCUT2D eigenvalue weighted by molar-refractivity contribution is -0.124. The molecule has 2 atom stereocenters. The normalized spacial score (nSPS) is 21.6. The fourth-order valence-electron chi connectivity index (χ4n) is 2.42. The fraction of sp³-hybridized carbons (Fsp3) is 0.562. The maximum absolute atomic E-state index is 11.9. The van der Waals surface area contributed by atoms with Crippen molar-refractivity contribution in [1.29, 1.82) is 0 Å². The van der Waals surface area contributed by atoms with E-state index in [1.807, 2.05) is 31.2 Å². The van der Waals surface area contributed by atoms with E-state index in [9.17, 15) is 4.79 Å². The maximum Gasteiger partial charge on any atom is 0.258 e. The van der Waals surface area contributed by atoms with Crippen LogP contribution in [0, 0.1) is 5.92 Å². The van der Waals surface area contributed by atoms with Crippen molar-refractivity contribution in [1.82, 2.24) is 10.6 Å². The van der Waals surface area contributed by atoms with Gasteiger partial charge in [0.2, 0.25) is 0 Å². The molecule has 1 aliphatic rings. The van der Waals surface area contributed by atoms with Gasteiger partial charge in [0.1, 0.15) is 11.5 Å². The summed E-state index contributed by atoms with van der Waals surface area (Å²) < 4.78 is 10.9. The van der Waals surface area contributed by atoms with Crippen LogP contribution in [0.5, 0.6) is 11.5 Å². The molecular formula is C16H24N2O3. The van der Waals surface area contributed by atoms with Crippen LogP contribution in [-0.2, 0) is 4.79 Å². The third-order valence-corrected chi connectivity index (χ3v) is 3.64. The number of amides is 1. The van der Waals surface area contributed by atoms with Crippen LogP contribution in [0.3, 0.4) is 0 Å². The topological polar surface area (TPSA) is 59.6 Å². The van der Waals surface area contributed by atoms with Crippen molar-refractivity contribution < 1.29 is 14.3 Å². The summed E-state index contributed by atoms with van der Waals surface area (Å²) in [6.45, 7) is 6.67. The molecule has 1 aliphatic heterocycles. The van der Waals surface area contributed by atoms with E-state index in [0.29, 0.717) is 18.3 Å². The van der Waals surface area contributed by atoms with E-state index < -0.39 is 0 Å². The van der Waals surface area contributed by atoms with Crippen LogP contribution in [0.15, 0.2) is 24.3 Å². The molecule has 0 spiro atoms. The number of benzene rings is 1. The molecule has 21 heavy (non-hydrogen) atoms. The molecule has 0 saturated carbocycles. The molecule has 2 rings (SSSR count). The predicted octanol–water partition coefficient (Wildman–Crippen LogP) is 1.58. The summed E-state index contributed by atoms with van der Waals surface area (Å²) in [5.41, 5.74) is 0. The first-order chi connectivity index (χ1) is 10.2. The minimum Gasteiger partial charge on any atom is -0.494 e. The van der Waals surface area contributed by atoms with Crippen molar-refractivity contribution >= 4 is 5.91 Å². The Bertz CT molecular complexity index is 447. The first-order valence-corrected chi connectivity index (χ1v) is 7.54. The van der Waals surface area contributed by atoms with Crippen molar-refractivity contribution in [2.45, 2.75) is 26.3 Å². The van der Waals surface area contributed by atoms with Crippen molar-refractivity contribution in [3.05, 3.63) is 24.3 Å². The van der Waals surface area contributed by atoms with Gasteiger partial charge in [-0.25, -0.2) is 0 Å². The minimum absolute atomic E-state index is 0.0463. The van der Waals surface area contributed by atoms with Crippen molar-refractivity contribution in [2.24, 2.45) is 5.92 Å². The molecule has 1 saturated heterocycles. The molecule has 0 bridgehead atoms. The highest BCUT2D eigenvalue weighted by Crippen LogP contribution is 2.17. The number of hydrogen-bond acceptors (Lipinski definition) is 4. The van der Waals surface area contributed by atoms with E-state index in [2.05, 4.69) is 17.6 Å². The Hall–Kier alpha value is -1.75. The zero-order chi connectivity index (χ0) is 15.1. The van der Waals surface area contributed by atoms with Crippen LogP contribution in [0.2, 0.25) is 0 Å². The molecule has 1 aromatic carbocycles. The van der Waals surface area contributed by atoms with E-state index in [-0.39, 0.29) is 18.6 Å². The Balaban J connectivity index is 1.75. The molecule has 1 aromatic rings. The number of rotatable bonds is 6. The second-order valence-electron chi connectivity index (χ2n) is 5.34. The Morgan fingerprint density at radius 1 is 1.29 bits per heavy atom. The summed E-state index contributed by atoms with van der Waals surface area (Å²) in [5.74, 6) is 1.86. The van der Waals surface area contributed by atoms with Crippen LogP contribution >= 0.6 is 0 Å². The van der Waals surface area contributed by atoms with Crippen LogP contribution in [-0.4, -0.2) is 38.3 Å². The monoisotopic (exact) mass is 292 g/mol. The van der Waals surface area contributed by atoms with Gasteiger partial charge in [-0.1, -0.05) is 6.92 Å². The summed E-state index contributed by atoms with van der Waals surface area (Å²) in [4.78, 5) is 11.9. The Morgan fingerprint density at radius 3 is 2.57 bits per heavy atom. The molecule has 1 fully saturated rings. The minimum atomic E-state index is -0.0670. The molecule has 2 unspecified atom stereocenters. The van der Waals surface area contributed by atoms with Crippen LogP contribution in [0.25, 0.3) is 0 Å². The zero-order valence-corrected chi connectivity index (χ0v) is 12.7. The van der Waals surface area contributed by atoms with Gasteiger partial charge in [0, 0.05) is 6.04 Å². The fourth-order valence-corrected chi connectivity index (χ4v) is 2.42. The van der Waals surface area contributed by atoms with Gasteiger partial charge in [-0.05, 0) is 56.6 Å². The second kappa shape index (κ2) is 7.88. The highest BCUT2D eigenvalue weighted by atomic mass is 16.5. The SMILES string of the molecule is CCOc1ccc(OCC(=O)NC2CCNCC2C)cc1. The molecule has 5 heteroatoms. The number of piperidine rings is 1. The second-order valence-corrected chi connectivity index (χ2v) is 5.34. The van der Waals surface area contributed by atoms with Crippen molar-refractivity contribution in [3.63, 3.8) is 0 Å². The molecule has 116 valence electrons. The highest BCUT2D eigenvalue weighted by Gasteiger charge is 2.22. The lowest BCUT2D eigenvalue weighted by Crippen LogP contribution is -2.49. The van der Waals surface area contributed by atoms with E-state index >= 15 is 0 Å². The predicted molar refractivity (Wildman–Crippen MR) is 81.7 cm³/mol. The number of nitrogens with one attached hydrogen (secondary N) is 2. The average Bonchev–Trinajstić information content (AvgIpc) is 2.49. The molecule has 0 radical (unpaired) electrons. The maximum atomic E-state index is 11.9. The van der Waals surface area contributed by atoms with Gasteiger partial charge in [0.05, 0.1) is 6.61 Å². The summed E-state index contributed by atoms with van der Waals surface area (Å²) >= 11 is 0. The first kappa shape index (κ1) is 15.6. The van der Waals surface area contributed by atoms with Gasteiger partial charge in [0.25, 0.3) is 5.91 Å². The highest BCUT2D eigenvalue weighted by molar-refractivity contribution is 5.77. The van der Waals surface area contributed by atoms with E-state index in [1.54, 1.807) is 0 Å². The largest absolute Gasteiger partial charge is 0.494 e.